The number of aliphatic hydroxyl groups is 1. The van der Waals surface area contributed by atoms with Crippen LogP contribution in [0.25, 0.3) is 0 Å². The summed E-state index contributed by atoms with van der Waals surface area (Å²) in [6.45, 7) is 0.975. The molecule has 4 nitrogen and oxygen atoms in total. The first-order chi connectivity index (χ1) is 9.88. The second kappa shape index (κ2) is 4.38. The predicted molar refractivity (Wildman–Crippen MR) is 81.2 cm³/mol. The zero-order valence-electron chi connectivity index (χ0n) is 11.7. The van der Waals surface area contributed by atoms with Gasteiger partial charge in [-0.2, -0.15) is 0 Å². The van der Waals surface area contributed by atoms with Gasteiger partial charge in [-0.05, 0) is 41.9 Å². The third kappa shape index (κ3) is 1.99. The van der Waals surface area contributed by atoms with Crippen molar-refractivity contribution in [2.45, 2.75) is 55.7 Å². The van der Waals surface area contributed by atoms with Gasteiger partial charge in [-0.15, -0.1) is 0 Å². The lowest BCUT2D eigenvalue weighted by atomic mass is 9.43. The van der Waals surface area contributed by atoms with Crippen molar-refractivity contribution in [3.8, 4) is 0 Å². The number of piperidine rings is 1. The summed E-state index contributed by atoms with van der Waals surface area (Å²) in [6.07, 6.45) is 5.00. The number of alkyl halides is 2. The molecule has 0 unspecified atom stereocenters. The fourth-order valence-corrected chi connectivity index (χ4v) is 5.05. The number of hydrogen-bond acceptors (Lipinski definition) is 3. The maximum Gasteiger partial charge on any atom is 0.250 e. The van der Waals surface area contributed by atoms with E-state index in [4.69, 9.17) is 0 Å². The quantitative estimate of drug-likeness (QED) is 0.780. The Bertz CT molecular complexity index is 559. The topological polar surface area (TPSA) is 41.3 Å². The molecule has 2 bridgehead atoms. The minimum Gasteiger partial charge on any atom is -0.388 e. The largest absolute Gasteiger partial charge is 0.388 e. The third-order valence-electron chi connectivity index (χ3n) is 5.54. The van der Waals surface area contributed by atoms with E-state index < -0.39 is 5.92 Å². The van der Waals surface area contributed by atoms with Crippen molar-refractivity contribution in [2.75, 3.05) is 13.1 Å². The molecular weight excluding hydrogens is 391 g/mol. The van der Waals surface area contributed by atoms with Gasteiger partial charge in [0, 0.05) is 37.7 Å². The summed E-state index contributed by atoms with van der Waals surface area (Å²) < 4.78 is 29.6. The van der Waals surface area contributed by atoms with E-state index in [0.29, 0.717) is 13.1 Å². The molecule has 3 saturated carbocycles. The summed E-state index contributed by atoms with van der Waals surface area (Å²) in [7, 11) is 0. The van der Waals surface area contributed by atoms with Crippen molar-refractivity contribution in [1.82, 2.24) is 14.5 Å². The first kappa shape index (κ1) is 14.3. The summed E-state index contributed by atoms with van der Waals surface area (Å²) in [4.78, 5) is 6.61. The predicted octanol–water partition coefficient (Wildman–Crippen LogP) is 2.34. The molecule has 5 rings (SSSR count). The number of halogens is 3. The fraction of sp³-hybridized carbons (Fsp3) is 0.786. The maximum atomic E-state index is 13.3. The molecule has 0 amide bonds. The number of nitrogens with zero attached hydrogens (tertiary/aromatic N) is 3. The molecule has 0 radical (unpaired) electrons. The van der Waals surface area contributed by atoms with Gasteiger partial charge >= 0.3 is 0 Å². The number of hydrogen-bond donors (Lipinski definition) is 1. The molecule has 0 atom stereocenters. The summed E-state index contributed by atoms with van der Waals surface area (Å²) in [5.41, 5.74) is 0.216. The van der Waals surface area contributed by atoms with Crippen molar-refractivity contribution in [2.24, 2.45) is 0 Å². The summed E-state index contributed by atoms with van der Waals surface area (Å²) in [5.74, 6) is -1.75. The van der Waals surface area contributed by atoms with Crippen molar-refractivity contribution in [1.29, 1.82) is 0 Å². The number of aliphatic hydroxyl groups excluding tert-OH is 1. The van der Waals surface area contributed by atoms with Crippen LogP contribution in [0.15, 0.2) is 6.20 Å². The van der Waals surface area contributed by atoms with Gasteiger partial charge in [-0.3, -0.25) is 4.90 Å². The van der Waals surface area contributed by atoms with E-state index in [2.05, 4.69) is 37.0 Å². The molecule has 1 N–H and O–H groups in total. The fourth-order valence-electron chi connectivity index (χ4n) is 4.49. The van der Waals surface area contributed by atoms with Gasteiger partial charge in [0.05, 0.1) is 5.54 Å². The molecule has 1 saturated heterocycles. The average molecular weight is 409 g/mol. The van der Waals surface area contributed by atoms with Crippen LogP contribution >= 0.6 is 22.6 Å². The Hall–Kier alpha value is -0.280. The smallest absolute Gasteiger partial charge is 0.250 e. The Kier molecular flexibility index (Phi) is 2.99. The third-order valence-corrected chi connectivity index (χ3v) is 6.06. The Morgan fingerprint density at radius 3 is 2.38 bits per heavy atom. The number of imidazole rings is 1. The molecule has 4 aliphatic rings. The molecule has 116 valence electrons. The van der Waals surface area contributed by atoms with E-state index in [9.17, 15) is 13.9 Å². The molecule has 1 aromatic rings. The van der Waals surface area contributed by atoms with Crippen LogP contribution in [-0.4, -0.2) is 44.1 Å². The number of aromatic nitrogens is 2. The minimum atomic E-state index is -2.47. The van der Waals surface area contributed by atoms with Crippen LogP contribution < -0.4 is 0 Å². The second-order valence-corrected chi connectivity index (χ2v) is 7.94. The van der Waals surface area contributed by atoms with Crippen LogP contribution in [-0.2, 0) is 12.1 Å². The highest BCUT2D eigenvalue weighted by molar-refractivity contribution is 14.1. The molecule has 1 aromatic heterocycles. The highest BCUT2D eigenvalue weighted by Crippen LogP contribution is 2.68. The van der Waals surface area contributed by atoms with E-state index in [1.165, 1.54) is 0 Å². The summed E-state index contributed by atoms with van der Waals surface area (Å²) in [5, 5.41) is 9.42. The molecule has 2 heterocycles. The highest BCUT2D eigenvalue weighted by Gasteiger charge is 2.71. The van der Waals surface area contributed by atoms with E-state index >= 15 is 0 Å². The first-order valence-electron chi connectivity index (χ1n) is 7.36. The van der Waals surface area contributed by atoms with E-state index in [1.807, 2.05) is 6.20 Å². The van der Waals surface area contributed by atoms with Crippen LogP contribution in [0.1, 0.15) is 37.9 Å². The normalized spacial score (nSPS) is 37.9. The van der Waals surface area contributed by atoms with Gasteiger partial charge in [0.1, 0.15) is 16.1 Å². The Labute approximate surface area is 135 Å². The standard InChI is InChI=1S/C14H18F2IN3O/c15-14(16)1-3-19(4-2-14)12-7-13(8-12,9-12)20-5-10(17)18-11(20)6-21/h5,21H,1-4,6-9H2. The molecule has 4 fully saturated rings. The van der Waals surface area contributed by atoms with Crippen LogP contribution in [0.5, 0.6) is 0 Å². The molecule has 21 heavy (non-hydrogen) atoms. The lowest BCUT2D eigenvalue weighted by Crippen LogP contribution is -2.79. The van der Waals surface area contributed by atoms with Crippen LogP contribution in [0.3, 0.4) is 0 Å². The Morgan fingerprint density at radius 1 is 1.19 bits per heavy atom. The van der Waals surface area contributed by atoms with E-state index in [0.717, 1.165) is 28.8 Å². The lowest BCUT2D eigenvalue weighted by molar-refractivity contribution is -0.224. The Balaban J connectivity index is 1.46. The second-order valence-electron chi connectivity index (χ2n) is 6.83. The number of rotatable bonds is 3. The maximum absolute atomic E-state index is 13.3. The van der Waals surface area contributed by atoms with Crippen molar-refractivity contribution < 1.29 is 13.9 Å². The minimum absolute atomic E-state index is 0.00733. The zero-order chi connectivity index (χ0) is 14.9. The van der Waals surface area contributed by atoms with E-state index in [-0.39, 0.29) is 30.5 Å². The monoisotopic (exact) mass is 409 g/mol. The molecule has 3 aliphatic carbocycles. The summed E-state index contributed by atoms with van der Waals surface area (Å²) in [6, 6.07) is 0. The molecule has 0 spiro atoms. The summed E-state index contributed by atoms with van der Waals surface area (Å²) >= 11 is 2.16. The average Bonchev–Trinajstić information content (AvgIpc) is 2.69. The molecular formula is C14H18F2IN3O. The van der Waals surface area contributed by atoms with Gasteiger partial charge in [0.25, 0.3) is 5.92 Å². The zero-order valence-corrected chi connectivity index (χ0v) is 13.8. The Morgan fingerprint density at radius 2 is 1.81 bits per heavy atom. The SMILES string of the molecule is OCc1nc(I)cn1C12CC(N3CCC(F)(F)CC3)(C1)C2. The van der Waals surface area contributed by atoms with Gasteiger partial charge in [0.2, 0.25) is 0 Å². The van der Waals surface area contributed by atoms with Gasteiger partial charge < -0.3 is 9.67 Å². The lowest BCUT2D eigenvalue weighted by Gasteiger charge is -2.74. The highest BCUT2D eigenvalue weighted by atomic mass is 127. The van der Waals surface area contributed by atoms with Crippen molar-refractivity contribution in [3.05, 3.63) is 15.7 Å². The number of likely N-dealkylation sites (tertiary alicyclic amines) is 1. The molecule has 0 aromatic carbocycles. The van der Waals surface area contributed by atoms with Gasteiger partial charge in [0.15, 0.2) is 0 Å². The first-order valence-corrected chi connectivity index (χ1v) is 8.44. The van der Waals surface area contributed by atoms with Crippen molar-refractivity contribution >= 4 is 22.6 Å². The van der Waals surface area contributed by atoms with E-state index in [1.54, 1.807) is 0 Å². The van der Waals surface area contributed by atoms with Gasteiger partial charge in [-0.25, -0.2) is 13.8 Å². The van der Waals surface area contributed by atoms with Crippen molar-refractivity contribution in [3.63, 3.8) is 0 Å². The molecule has 1 aliphatic heterocycles. The van der Waals surface area contributed by atoms with Crippen LogP contribution in [0.4, 0.5) is 8.78 Å². The van der Waals surface area contributed by atoms with Crippen LogP contribution in [0.2, 0.25) is 0 Å². The molecule has 7 heteroatoms. The van der Waals surface area contributed by atoms with Gasteiger partial charge in [-0.1, -0.05) is 0 Å². The van der Waals surface area contributed by atoms with Crippen LogP contribution in [0, 0.1) is 3.70 Å².